The van der Waals surface area contributed by atoms with Gasteiger partial charge in [-0.05, 0) is 31.2 Å². The third kappa shape index (κ3) is 3.77. The number of sulfonamides is 1. The van der Waals surface area contributed by atoms with Crippen molar-refractivity contribution >= 4 is 16.1 Å². The molecule has 0 unspecified atom stereocenters. The van der Waals surface area contributed by atoms with Crippen molar-refractivity contribution < 1.29 is 17.9 Å². The summed E-state index contributed by atoms with van der Waals surface area (Å²) in [6.07, 6.45) is 4.34. The van der Waals surface area contributed by atoms with Crippen LogP contribution in [0.3, 0.4) is 0 Å². The van der Waals surface area contributed by atoms with Gasteiger partial charge in [0.25, 0.3) is 0 Å². The molecule has 154 valence electrons. The summed E-state index contributed by atoms with van der Waals surface area (Å²) in [4.78, 5) is 17.5. The van der Waals surface area contributed by atoms with Crippen molar-refractivity contribution in [2.24, 2.45) is 0 Å². The minimum absolute atomic E-state index is 0.0866. The number of hydrogen-bond donors (Lipinski definition) is 0. The molecule has 0 radical (unpaired) electrons. The SMILES string of the molecule is CS(=O)(=O)N1CCC(N2C(=O)N(Cc3ccccc3)CC23CCOCC3)CC1. The van der Waals surface area contributed by atoms with Crippen molar-refractivity contribution in [2.75, 3.05) is 39.1 Å². The van der Waals surface area contributed by atoms with Crippen LogP contribution >= 0.6 is 0 Å². The molecule has 3 saturated heterocycles. The van der Waals surface area contributed by atoms with E-state index in [-0.39, 0.29) is 17.6 Å². The van der Waals surface area contributed by atoms with Crippen LogP contribution in [0.15, 0.2) is 30.3 Å². The van der Waals surface area contributed by atoms with Gasteiger partial charge in [-0.1, -0.05) is 30.3 Å². The van der Waals surface area contributed by atoms with Crippen molar-refractivity contribution in [2.45, 2.75) is 43.8 Å². The lowest BCUT2D eigenvalue weighted by Crippen LogP contribution is -2.57. The Morgan fingerprint density at radius 3 is 2.36 bits per heavy atom. The van der Waals surface area contributed by atoms with Crippen LogP contribution in [0.5, 0.6) is 0 Å². The second-order valence-electron chi connectivity index (χ2n) is 8.22. The molecule has 2 amide bonds. The molecule has 0 N–H and O–H groups in total. The van der Waals surface area contributed by atoms with Crippen molar-refractivity contribution in [3.05, 3.63) is 35.9 Å². The first-order valence-electron chi connectivity index (χ1n) is 10.0. The first kappa shape index (κ1) is 19.7. The maximum atomic E-state index is 13.4. The second kappa shape index (κ2) is 7.65. The van der Waals surface area contributed by atoms with Crippen molar-refractivity contribution in [3.63, 3.8) is 0 Å². The highest BCUT2D eigenvalue weighted by Crippen LogP contribution is 2.40. The van der Waals surface area contributed by atoms with Gasteiger partial charge < -0.3 is 14.5 Å². The van der Waals surface area contributed by atoms with Crippen molar-refractivity contribution in [1.29, 1.82) is 0 Å². The zero-order valence-electron chi connectivity index (χ0n) is 16.4. The van der Waals surface area contributed by atoms with Crippen LogP contribution in [0, 0.1) is 0 Å². The molecular formula is C20H29N3O4S. The van der Waals surface area contributed by atoms with Crippen LogP contribution in [-0.2, 0) is 21.3 Å². The number of rotatable bonds is 4. The summed E-state index contributed by atoms with van der Waals surface area (Å²) >= 11 is 0. The number of nitrogens with zero attached hydrogens (tertiary/aromatic N) is 3. The molecule has 3 heterocycles. The monoisotopic (exact) mass is 407 g/mol. The summed E-state index contributed by atoms with van der Waals surface area (Å²) in [6.45, 7) is 3.64. The molecule has 1 aromatic carbocycles. The summed E-state index contributed by atoms with van der Waals surface area (Å²) in [6, 6.07) is 10.3. The fraction of sp³-hybridized carbons (Fsp3) is 0.650. The van der Waals surface area contributed by atoms with Crippen LogP contribution in [0.25, 0.3) is 0 Å². The first-order valence-corrected chi connectivity index (χ1v) is 11.9. The number of carbonyl (C=O) groups excluding carboxylic acids is 1. The van der Waals surface area contributed by atoms with Crippen LogP contribution in [-0.4, -0.2) is 79.2 Å². The van der Waals surface area contributed by atoms with Crippen LogP contribution < -0.4 is 0 Å². The lowest BCUT2D eigenvalue weighted by molar-refractivity contribution is -0.0131. The summed E-state index contributed by atoms with van der Waals surface area (Å²) in [7, 11) is -3.17. The fourth-order valence-electron chi connectivity index (χ4n) is 4.91. The highest BCUT2D eigenvalue weighted by molar-refractivity contribution is 7.88. The Labute approximate surface area is 167 Å². The second-order valence-corrected chi connectivity index (χ2v) is 10.2. The minimum Gasteiger partial charge on any atom is -0.381 e. The van der Waals surface area contributed by atoms with Crippen molar-refractivity contribution in [3.8, 4) is 0 Å². The van der Waals surface area contributed by atoms with E-state index < -0.39 is 10.0 Å². The maximum absolute atomic E-state index is 13.4. The van der Waals surface area contributed by atoms with E-state index in [0.717, 1.165) is 24.9 Å². The lowest BCUT2D eigenvalue weighted by atomic mass is 9.86. The van der Waals surface area contributed by atoms with Gasteiger partial charge in [0.05, 0.1) is 11.8 Å². The van der Waals surface area contributed by atoms with Crippen LogP contribution in [0.2, 0.25) is 0 Å². The predicted octanol–water partition coefficient (Wildman–Crippen LogP) is 1.90. The Morgan fingerprint density at radius 2 is 1.75 bits per heavy atom. The number of amides is 2. The van der Waals surface area contributed by atoms with E-state index in [1.807, 2.05) is 23.1 Å². The summed E-state index contributed by atoms with van der Waals surface area (Å²) in [5.74, 6) is 0. The molecule has 3 aliphatic heterocycles. The average molecular weight is 408 g/mol. The maximum Gasteiger partial charge on any atom is 0.321 e. The number of piperidine rings is 1. The Bertz CT molecular complexity index is 800. The third-order valence-corrected chi connectivity index (χ3v) is 7.67. The molecule has 7 nitrogen and oxygen atoms in total. The van der Waals surface area contributed by atoms with Gasteiger partial charge in [0.2, 0.25) is 10.0 Å². The van der Waals surface area contributed by atoms with E-state index in [4.69, 9.17) is 4.74 Å². The van der Waals surface area contributed by atoms with E-state index in [1.165, 1.54) is 10.6 Å². The smallest absolute Gasteiger partial charge is 0.321 e. The minimum atomic E-state index is -3.17. The van der Waals surface area contributed by atoms with Crippen LogP contribution in [0.4, 0.5) is 4.79 Å². The molecule has 28 heavy (non-hydrogen) atoms. The Morgan fingerprint density at radius 1 is 1.11 bits per heavy atom. The number of carbonyl (C=O) groups is 1. The van der Waals surface area contributed by atoms with Gasteiger partial charge in [0.15, 0.2) is 0 Å². The average Bonchev–Trinajstić information content (AvgIpc) is 2.93. The lowest BCUT2D eigenvalue weighted by Gasteiger charge is -2.46. The molecule has 3 fully saturated rings. The number of urea groups is 1. The standard InChI is InChI=1S/C20H29N3O4S/c1-28(25,26)22-11-7-18(8-12-22)23-19(24)21(15-17-5-3-2-4-6-17)16-20(23)9-13-27-14-10-20/h2-6,18H,7-16H2,1H3. The Hall–Kier alpha value is -1.64. The van der Waals surface area contributed by atoms with Gasteiger partial charge in [-0.2, -0.15) is 0 Å². The van der Waals surface area contributed by atoms with Gasteiger partial charge in [0, 0.05) is 45.4 Å². The van der Waals surface area contributed by atoms with Gasteiger partial charge in [-0.15, -0.1) is 0 Å². The predicted molar refractivity (Wildman–Crippen MR) is 106 cm³/mol. The summed E-state index contributed by atoms with van der Waals surface area (Å²) in [5.41, 5.74) is 0.939. The summed E-state index contributed by atoms with van der Waals surface area (Å²) < 4.78 is 30.8. The zero-order chi connectivity index (χ0) is 19.8. The molecule has 3 aliphatic rings. The fourth-order valence-corrected chi connectivity index (χ4v) is 5.78. The molecule has 0 bridgehead atoms. The molecule has 0 aromatic heterocycles. The van der Waals surface area contributed by atoms with Crippen molar-refractivity contribution in [1.82, 2.24) is 14.1 Å². The molecule has 0 atom stereocenters. The van der Waals surface area contributed by atoms with Gasteiger partial charge >= 0.3 is 6.03 Å². The molecule has 0 aliphatic carbocycles. The molecule has 0 saturated carbocycles. The van der Waals surface area contributed by atoms with Gasteiger partial charge in [-0.25, -0.2) is 17.5 Å². The largest absolute Gasteiger partial charge is 0.381 e. The van der Waals surface area contributed by atoms with E-state index in [1.54, 1.807) is 0 Å². The molecule has 1 aromatic rings. The van der Waals surface area contributed by atoms with E-state index in [0.29, 0.717) is 45.7 Å². The van der Waals surface area contributed by atoms with E-state index >= 15 is 0 Å². The quantitative estimate of drug-likeness (QED) is 0.764. The van der Waals surface area contributed by atoms with Gasteiger partial charge in [0.1, 0.15) is 0 Å². The van der Waals surface area contributed by atoms with E-state index in [9.17, 15) is 13.2 Å². The highest BCUT2D eigenvalue weighted by Gasteiger charge is 2.53. The number of ether oxygens (including phenoxy) is 1. The van der Waals surface area contributed by atoms with Gasteiger partial charge in [-0.3, -0.25) is 0 Å². The normalized spacial score (nSPS) is 24.2. The van der Waals surface area contributed by atoms with E-state index in [2.05, 4.69) is 17.0 Å². The Balaban J connectivity index is 1.54. The Kier molecular flexibility index (Phi) is 5.37. The molecule has 1 spiro atoms. The number of benzene rings is 1. The summed E-state index contributed by atoms with van der Waals surface area (Å²) in [5, 5.41) is 0. The highest BCUT2D eigenvalue weighted by atomic mass is 32.2. The van der Waals surface area contributed by atoms with Crippen LogP contribution in [0.1, 0.15) is 31.2 Å². The topological polar surface area (TPSA) is 70.2 Å². The molecule has 8 heteroatoms. The third-order valence-electron chi connectivity index (χ3n) is 6.37. The first-order chi connectivity index (χ1) is 13.4. The zero-order valence-corrected chi connectivity index (χ0v) is 17.2. The molecule has 4 rings (SSSR count). The number of hydrogen-bond acceptors (Lipinski definition) is 4. The molecular weight excluding hydrogens is 378 g/mol.